The fourth-order valence-electron chi connectivity index (χ4n) is 3.93. The molecule has 36 heavy (non-hydrogen) atoms. The predicted molar refractivity (Wildman–Crippen MR) is 124 cm³/mol. The van der Waals surface area contributed by atoms with Crippen molar-refractivity contribution in [1.82, 2.24) is 15.2 Å². The van der Waals surface area contributed by atoms with Gasteiger partial charge in [0.05, 0.1) is 23.3 Å². The Morgan fingerprint density at radius 1 is 1.08 bits per heavy atom. The number of carbonyl (C=O) groups excluding carboxylic acids is 2. The van der Waals surface area contributed by atoms with E-state index in [1.165, 1.54) is 21.9 Å². The van der Waals surface area contributed by atoms with Crippen LogP contribution in [-0.2, 0) is 13.1 Å². The molecule has 0 spiro atoms. The van der Waals surface area contributed by atoms with Gasteiger partial charge in [0.1, 0.15) is 17.5 Å². The molecule has 1 atom stereocenters. The van der Waals surface area contributed by atoms with Crippen LogP contribution in [0.25, 0.3) is 0 Å². The summed E-state index contributed by atoms with van der Waals surface area (Å²) in [6.45, 7) is 0.812. The van der Waals surface area contributed by atoms with E-state index in [1.54, 1.807) is 20.0 Å². The highest BCUT2D eigenvalue weighted by Crippen LogP contribution is 2.38. The van der Waals surface area contributed by atoms with E-state index in [-0.39, 0.29) is 21.8 Å². The minimum Gasteiger partial charge on any atom is -0.348 e. The fourth-order valence-corrected chi connectivity index (χ4v) is 4.13. The van der Waals surface area contributed by atoms with E-state index in [1.807, 2.05) is 0 Å². The Morgan fingerprint density at radius 2 is 1.75 bits per heavy atom. The quantitative estimate of drug-likeness (QED) is 0.478. The SMILES string of the molecule is CC1c2ccc(C(=O)NCc3c(F)cc(F)cc3F)cc2N(Cc2c(Cl)c[nH]c(=O)c2F)C(=O)N1C. The number of anilines is 1. The maximum atomic E-state index is 14.5. The van der Waals surface area contributed by atoms with Crippen LogP contribution in [0.3, 0.4) is 0 Å². The number of carbonyl (C=O) groups is 2. The molecule has 0 radical (unpaired) electrons. The van der Waals surface area contributed by atoms with E-state index in [0.29, 0.717) is 17.7 Å². The molecule has 7 nitrogen and oxygen atoms in total. The number of rotatable bonds is 5. The molecule has 1 unspecified atom stereocenters. The van der Waals surface area contributed by atoms with Crippen LogP contribution >= 0.6 is 11.6 Å². The van der Waals surface area contributed by atoms with Crippen molar-refractivity contribution in [2.45, 2.75) is 26.1 Å². The molecule has 0 fully saturated rings. The van der Waals surface area contributed by atoms with Crippen LogP contribution in [0, 0.1) is 23.3 Å². The molecule has 1 aliphatic rings. The summed E-state index contributed by atoms with van der Waals surface area (Å²) in [5.41, 5.74) is -0.786. The molecule has 2 heterocycles. The Morgan fingerprint density at radius 3 is 2.42 bits per heavy atom. The van der Waals surface area contributed by atoms with Gasteiger partial charge in [-0.1, -0.05) is 17.7 Å². The van der Waals surface area contributed by atoms with E-state index in [9.17, 15) is 31.9 Å². The molecule has 188 valence electrons. The number of urea groups is 1. The van der Waals surface area contributed by atoms with Crippen LogP contribution in [0.4, 0.5) is 28.0 Å². The van der Waals surface area contributed by atoms with Gasteiger partial charge in [-0.2, -0.15) is 0 Å². The Hall–Kier alpha value is -3.86. The average Bonchev–Trinajstić information content (AvgIpc) is 2.83. The lowest BCUT2D eigenvalue weighted by Gasteiger charge is -2.39. The number of nitrogens with one attached hydrogen (secondary N) is 2. The summed E-state index contributed by atoms with van der Waals surface area (Å²) in [6, 6.07) is 4.52. The largest absolute Gasteiger partial charge is 0.348 e. The highest BCUT2D eigenvalue weighted by Gasteiger charge is 2.34. The highest BCUT2D eigenvalue weighted by molar-refractivity contribution is 6.31. The smallest absolute Gasteiger partial charge is 0.325 e. The Bertz CT molecular complexity index is 1420. The molecule has 1 aliphatic heterocycles. The maximum absolute atomic E-state index is 14.5. The van der Waals surface area contributed by atoms with Crippen molar-refractivity contribution >= 4 is 29.2 Å². The van der Waals surface area contributed by atoms with Crippen molar-refractivity contribution in [2.24, 2.45) is 0 Å². The second-order valence-corrected chi connectivity index (χ2v) is 8.63. The molecular weight excluding hydrogens is 504 g/mol. The van der Waals surface area contributed by atoms with Crippen LogP contribution in [0.5, 0.6) is 0 Å². The number of nitrogens with zero attached hydrogens (tertiary/aromatic N) is 2. The van der Waals surface area contributed by atoms with Gasteiger partial charge in [-0.25, -0.2) is 22.4 Å². The van der Waals surface area contributed by atoms with Crippen molar-refractivity contribution in [3.8, 4) is 0 Å². The van der Waals surface area contributed by atoms with Crippen molar-refractivity contribution in [1.29, 1.82) is 0 Å². The van der Waals surface area contributed by atoms with Gasteiger partial charge in [-0.3, -0.25) is 14.5 Å². The number of aromatic nitrogens is 1. The van der Waals surface area contributed by atoms with Gasteiger partial charge < -0.3 is 15.2 Å². The van der Waals surface area contributed by atoms with Crippen molar-refractivity contribution < 1.29 is 27.2 Å². The highest BCUT2D eigenvalue weighted by atomic mass is 35.5. The van der Waals surface area contributed by atoms with Crippen molar-refractivity contribution in [3.63, 3.8) is 0 Å². The van der Waals surface area contributed by atoms with Crippen LogP contribution in [0.15, 0.2) is 41.3 Å². The summed E-state index contributed by atoms with van der Waals surface area (Å²) in [5, 5.41) is 2.27. The van der Waals surface area contributed by atoms with Crippen LogP contribution in [-0.4, -0.2) is 28.9 Å². The first-order valence-electron chi connectivity index (χ1n) is 10.6. The minimum absolute atomic E-state index is 0.0451. The standard InChI is InChI=1S/C24H19ClF4N4O3/c1-11-14-4-3-12(22(34)30-8-15-18(27)6-13(26)7-19(15)28)5-20(14)33(24(36)32(11)2)10-16-17(25)9-31-23(35)21(16)29/h3-7,9,11H,8,10H2,1-2H3,(H,30,34)(H,31,35). The zero-order chi connectivity index (χ0) is 26.3. The number of hydrogen-bond acceptors (Lipinski definition) is 3. The third-order valence-electron chi connectivity index (χ3n) is 6.08. The fraction of sp³-hybridized carbons (Fsp3) is 0.208. The van der Waals surface area contributed by atoms with E-state index in [0.717, 1.165) is 6.20 Å². The van der Waals surface area contributed by atoms with Gasteiger partial charge in [-0.05, 0) is 24.6 Å². The van der Waals surface area contributed by atoms with Crippen LogP contribution < -0.4 is 15.8 Å². The lowest BCUT2D eigenvalue weighted by Crippen LogP contribution is -2.47. The van der Waals surface area contributed by atoms with Gasteiger partial charge in [-0.15, -0.1) is 0 Å². The lowest BCUT2D eigenvalue weighted by atomic mass is 9.98. The summed E-state index contributed by atoms with van der Waals surface area (Å²) in [4.78, 5) is 42.3. The molecule has 2 N–H and O–H groups in total. The van der Waals surface area contributed by atoms with Crippen LogP contribution in [0.1, 0.15) is 40.0 Å². The molecule has 12 heteroatoms. The summed E-state index contributed by atoms with van der Waals surface area (Å²) < 4.78 is 55.5. The van der Waals surface area contributed by atoms with Gasteiger partial charge in [0.2, 0.25) is 0 Å². The van der Waals surface area contributed by atoms with Gasteiger partial charge in [0.25, 0.3) is 11.5 Å². The molecule has 1 aromatic heterocycles. The van der Waals surface area contributed by atoms with E-state index in [4.69, 9.17) is 11.6 Å². The topological polar surface area (TPSA) is 85.5 Å². The second kappa shape index (κ2) is 9.65. The number of aromatic amines is 1. The minimum atomic E-state index is -1.15. The third-order valence-corrected chi connectivity index (χ3v) is 6.41. The first kappa shape index (κ1) is 25.2. The number of amides is 3. The van der Waals surface area contributed by atoms with E-state index < -0.39 is 65.5 Å². The number of benzene rings is 2. The van der Waals surface area contributed by atoms with Gasteiger partial charge >= 0.3 is 6.03 Å². The Labute approximate surface area is 207 Å². The van der Waals surface area contributed by atoms with Gasteiger partial charge in [0, 0.05) is 48.6 Å². The molecule has 0 saturated heterocycles. The summed E-state index contributed by atoms with van der Waals surface area (Å²) >= 11 is 6.07. The molecule has 3 amide bonds. The molecule has 0 bridgehead atoms. The number of fused-ring (bicyclic) bond motifs is 1. The number of halogens is 5. The summed E-state index contributed by atoms with van der Waals surface area (Å²) in [6.07, 6.45) is 1.11. The zero-order valence-electron chi connectivity index (χ0n) is 19.0. The first-order chi connectivity index (χ1) is 17.0. The van der Waals surface area contributed by atoms with Crippen molar-refractivity contribution in [3.05, 3.63) is 97.4 Å². The molecule has 0 aliphatic carbocycles. The molecular formula is C24H19ClF4N4O3. The average molecular weight is 523 g/mol. The molecule has 4 rings (SSSR count). The van der Waals surface area contributed by atoms with E-state index in [2.05, 4.69) is 10.3 Å². The molecule has 2 aromatic carbocycles. The summed E-state index contributed by atoms with van der Waals surface area (Å²) in [5.74, 6) is -5.25. The first-order valence-corrected chi connectivity index (χ1v) is 11.0. The Kier molecular flexibility index (Phi) is 6.77. The third kappa shape index (κ3) is 4.53. The molecule has 0 saturated carbocycles. The van der Waals surface area contributed by atoms with E-state index >= 15 is 0 Å². The normalized spacial score (nSPS) is 15.2. The predicted octanol–water partition coefficient (Wildman–Crippen LogP) is 4.65. The monoisotopic (exact) mass is 522 g/mol. The number of H-pyrrole nitrogens is 1. The molecule has 3 aromatic rings. The zero-order valence-corrected chi connectivity index (χ0v) is 19.7. The number of hydrogen-bond donors (Lipinski definition) is 2. The lowest BCUT2D eigenvalue weighted by molar-refractivity contribution is 0.0950. The number of pyridine rings is 1. The van der Waals surface area contributed by atoms with Crippen LogP contribution in [0.2, 0.25) is 5.02 Å². The Balaban J connectivity index is 1.67. The second-order valence-electron chi connectivity index (χ2n) is 8.22. The summed E-state index contributed by atoms with van der Waals surface area (Å²) in [7, 11) is 1.55. The maximum Gasteiger partial charge on any atom is 0.325 e. The van der Waals surface area contributed by atoms with Crippen molar-refractivity contribution in [2.75, 3.05) is 11.9 Å². The van der Waals surface area contributed by atoms with Gasteiger partial charge in [0.15, 0.2) is 5.82 Å².